The third kappa shape index (κ3) is 3.08. The van der Waals surface area contributed by atoms with Gasteiger partial charge in [0, 0.05) is 24.1 Å². The van der Waals surface area contributed by atoms with Crippen LogP contribution in [0, 0.1) is 6.92 Å². The molecule has 1 N–H and O–H groups in total. The van der Waals surface area contributed by atoms with E-state index in [1.165, 1.54) is 5.56 Å². The molecule has 1 aliphatic heterocycles. The smallest absolute Gasteiger partial charge is 0.274 e. The predicted molar refractivity (Wildman–Crippen MR) is 98.3 cm³/mol. The van der Waals surface area contributed by atoms with Crippen molar-refractivity contribution in [3.8, 4) is 0 Å². The topological polar surface area (TPSA) is 58.1 Å². The molecule has 124 valence electrons. The summed E-state index contributed by atoms with van der Waals surface area (Å²) >= 11 is 0. The van der Waals surface area contributed by atoms with Gasteiger partial charge < -0.3 is 10.2 Å². The molecule has 5 nitrogen and oxygen atoms in total. The van der Waals surface area contributed by atoms with E-state index < -0.39 is 0 Å². The number of para-hydroxylation sites is 1. The molecule has 0 unspecified atom stereocenters. The molecule has 0 radical (unpaired) electrons. The molecule has 0 atom stereocenters. The van der Waals surface area contributed by atoms with E-state index in [1.807, 2.05) is 43.3 Å². The SMILES string of the molecule is Cc1ccc(NC(=O)c2ccnc(N3CCc4ccccc43)n2)cc1. The molecule has 2 heterocycles. The molecule has 0 fully saturated rings. The standard InChI is InChI=1S/C20H18N4O/c1-14-6-8-16(9-7-14)22-19(25)17-10-12-21-20(23-17)24-13-11-15-4-2-3-5-18(15)24/h2-10,12H,11,13H2,1H3,(H,22,25). The Morgan fingerprint density at radius 3 is 2.72 bits per heavy atom. The van der Waals surface area contributed by atoms with Crippen LogP contribution in [0.1, 0.15) is 21.6 Å². The molecule has 3 aromatic rings. The van der Waals surface area contributed by atoms with Crippen LogP contribution in [0.25, 0.3) is 0 Å². The molecule has 0 spiro atoms. The number of nitrogens with one attached hydrogen (secondary N) is 1. The fourth-order valence-electron chi connectivity index (χ4n) is 2.98. The lowest BCUT2D eigenvalue weighted by atomic mass is 10.2. The van der Waals surface area contributed by atoms with Crippen LogP contribution < -0.4 is 10.2 Å². The van der Waals surface area contributed by atoms with Crippen molar-refractivity contribution in [2.24, 2.45) is 0 Å². The third-order valence-electron chi connectivity index (χ3n) is 4.31. The van der Waals surface area contributed by atoms with Crippen molar-refractivity contribution >= 4 is 23.2 Å². The monoisotopic (exact) mass is 330 g/mol. The van der Waals surface area contributed by atoms with Crippen molar-refractivity contribution in [3.63, 3.8) is 0 Å². The number of rotatable bonds is 3. The van der Waals surface area contributed by atoms with Crippen molar-refractivity contribution in [2.45, 2.75) is 13.3 Å². The molecular weight excluding hydrogens is 312 g/mol. The fourth-order valence-corrected chi connectivity index (χ4v) is 2.98. The highest BCUT2D eigenvalue weighted by molar-refractivity contribution is 6.03. The minimum Gasteiger partial charge on any atom is -0.321 e. The highest BCUT2D eigenvalue weighted by Crippen LogP contribution is 2.32. The summed E-state index contributed by atoms with van der Waals surface area (Å²) in [5.41, 5.74) is 4.64. The second kappa shape index (κ2) is 6.36. The largest absolute Gasteiger partial charge is 0.321 e. The van der Waals surface area contributed by atoms with E-state index in [4.69, 9.17) is 0 Å². The maximum absolute atomic E-state index is 12.5. The molecule has 2 aromatic carbocycles. The zero-order chi connectivity index (χ0) is 17.2. The van der Waals surface area contributed by atoms with Crippen LogP contribution in [0.5, 0.6) is 0 Å². The van der Waals surface area contributed by atoms with Crippen LogP contribution >= 0.6 is 0 Å². The summed E-state index contributed by atoms with van der Waals surface area (Å²) in [5, 5.41) is 2.87. The van der Waals surface area contributed by atoms with E-state index in [9.17, 15) is 4.79 Å². The molecule has 0 bridgehead atoms. The average Bonchev–Trinajstić information content (AvgIpc) is 3.08. The van der Waals surface area contributed by atoms with Gasteiger partial charge in [-0.05, 0) is 43.2 Å². The number of hydrogen-bond acceptors (Lipinski definition) is 4. The Morgan fingerprint density at radius 1 is 1.08 bits per heavy atom. The van der Waals surface area contributed by atoms with E-state index in [-0.39, 0.29) is 5.91 Å². The first-order valence-corrected chi connectivity index (χ1v) is 8.27. The Bertz CT molecular complexity index is 921. The lowest BCUT2D eigenvalue weighted by molar-refractivity contribution is 0.102. The number of benzene rings is 2. The number of carbonyl (C=O) groups excluding carboxylic acids is 1. The van der Waals surface area contributed by atoms with Crippen molar-refractivity contribution < 1.29 is 4.79 Å². The highest BCUT2D eigenvalue weighted by atomic mass is 16.1. The van der Waals surface area contributed by atoms with Gasteiger partial charge in [-0.3, -0.25) is 4.79 Å². The lowest BCUT2D eigenvalue weighted by Gasteiger charge is -2.17. The fraction of sp³-hybridized carbons (Fsp3) is 0.150. The Balaban J connectivity index is 1.57. The first kappa shape index (κ1) is 15.3. The van der Waals surface area contributed by atoms with Crippen molar-refractivity contribution in [2.75, 3.05) is 16.8 Å². The van der Waals surface area contributed by atoms with Gasteiger partial charge >= 0.3 is 0 Å². The Labute approximate surface area is 146 Å². The number of amides is 1. The first-order valence-electron chi connectivity index (χ1n) is 8.27. The highest BCUT2D eigenvalue weighted by Gasteiger charge is 2.22. The summed E-state index contributed by atoms with van der Waals surface area (Å²) in [5.74, 6) is 0.321. The molecular formula is C20H18N4O. The summed E-state index contributed by atoms with van der Waals surface area (Å²) < 4.78 is 0. The summed E-state index contributed by atoms with van der Waals surface area (Å²) in [6, 6.07) is 17.5. The van der Waals surface area contributed by atoms with Crippen LogP contribution in [0.4, 0.5) is 17.3 Å². The number of fused-ring (bicyclic) bond motifs is 1. The minimum atomic E-state index is -0.236. The van der Waals surface area contributed by atoms with E-state index in [0.29, 0.717) is 11.6 Å². The molecule has 0 saturated carbocycles. The summed E-state index contributed by atoms with van der Waals surface area (Å²) in [7, 11) is 0. The van der Waals surface area contributed by atoms with Gasteiger partial charge in [-0.15, -0.1) is 0 Å². The number of hydrogen-bond donors (Lipinski definition) is 1. The maximum atomic E-state index is 12.5. The number of aromatic nitrogens is 2. The maximum Gasteiger partial charge on any atom is 0.274 e. The Hall–Kier alpha value is -3.21. The summed E-state index contributed by atoms with van der Waals surface area (Å²) in [6.07, 6.45) is 2.59. The van der Waals surface area contributed by atoms with Crippen LogP contribution in [-0.2, 0) is 6.42 Å². The van der Waals surface area contributed by atoms with Gasteiger partial charge in [0.1, 0.15) is 5.69 Å². The second-order valence-corrected chi connectivity index (χ2v) is 6.09. The van der Waals surface area contributed by atoms with Gasteiger partial charge in [0.2, 0.25) is 5.95 Å². The van der Waals surface area contributed by atoms with Gasteiger partial charge in [0.25, 0.3) is 5.91 Å². The van der Waals surface area contributed by atoms with Gasteiger partial charge in [-0.1, -0.05) is 35.9 Å². The third-order valence-corrected chi connectivity index (χ3v) is 4.31. The zero-order valence-electron chi connectivity index (χ0n) is 13.9. The van der Waals surface area contributed by atoms with Gasteiger partial charge in [-0.25, -0.2) is 9.97 Å². The van der Waals surface area contributed by atoms with Crippen molar-refractivity contribution in [1.29, 1.82) is 0 Å². The number of aryl methyl sites for hydroxylation is 1. The second-order valence-electron chi connectivity index (χ2n) is 6.09. The zero-order valence-corrected chi connectivity index (χ0v) is 13.9. The summed E-state index contributed by atoms with van der Waals surface area (Å²) in [4.78, 5) is 23.4. The molecule has 1 amide bonds. The number of nitrogens with zero attached hydrogens (tertiary/aromatic N) is 3. The first-order chi connectivity index (χ1) is 12.2. The molecule has 0 saturated heterocycles. The van der Waals surface area contributed by atoms with E-state index in [0.717, 1.165) is 29.9 Å². The average molecular weight is 330 g/mol. The number of carbonyl (C=O) groups is 1. The van der Waals surface area contributed by atoms with Gasteiger partial charge in [0.15, 0.2) is 0 Å². The molecule has 4 rings (SSSR count). The minimum absolute atomic E-state index is 0.236. The Kier molecular flexibility index (Phi) is 3.90. The molecule has 1 aromatic heterocycles. The van der Waals surface area contributed by atoms with Crippen LogP contribution in [0.15, 0.2) is 60.8 Å². The Morgan fingerprint density at radius 2 is 1.88 bits per heavy atom. The molecule has 25 heavy (non-hydrogen) atoms. The van der Waals surface area contributed by atoms with Crippen LogP contribution in [0.2, 0.25) is 0 Å². The normalized spacial score (nSPS) is 12.8. The van der Waals surface area contributed by atoms with Gasteiger partial charge in [0.05, 0.1) is 0 Å². The van der Waals surface area contributed by atoms with E-state index in [2.05, 4.69) is 32.3 Å². The summed E-state index contributed by atoms with van der Waals surface area (Å²) in [6.45, 7) is 2.83. The van der Waals surface area contributed by atoms with E-state index in [1.54, 1.807) is 12.3 Å². The molecule has 5 heteroatoms. The van der Waals surface area contributed by atoms with Crippen molar-refractivity contribution in [1.82, 2.24) is 9.97 Å². The molecule has 0 aliphatic carbocycles. The number of anilines is 3. The predicted octanol–water partition coefficient (Wildman–Crippen LogP) is 3.73. The van der Waals surface area contributed by atoms with Gasteiger partial charge in [-0.2, -0.15) is 0 Å². The van der Waals surface area contributed by atoms with Crippen LogP contribution in [0.3, 0.4) is 0 Å². The lowest BCUT2D eigenvalue weighted by Crippen LogP contribution is -2.20. The van der Waals surface area contributed by atoms with Crippen molar-refractivity contribution in [3.05, 3.63) is 77.6 Å². The van der Waals surface area contributed by atoms with E-state index >= 15 is 0 Å². The molecule has 1 aliphatic rings. The van der Waals surface area contributed by atoms with Crippen LogP contribution in [-0.4, -0.2) is 22.4 Å². The quantitative estimate of drug-likeness (QED) is 0.795.